The maximum atomic E-state index is 14.5. The fourth-order valence-electron chi connectivity index (χ4n) is 13.8. The van der Waals surface area contributed by atoms with Crippen molar-refractivity contribution < 1.29 is 146 Å². The number of rotatable bonds is 63. The second kappa shape index (κ2) is 58.0. The molecule has 0 radical (unpaired) electrons. The minimum Gasteiger partial charge on any atom is -0.497 e. The Labute approximate surface area is 803 Å². The van der Waals surface area contributed by atoms with Crippen molar-refractivity contribution in [2.75, 3.05) is 59.0 Å². The number of carbonyl (C=O) groups excluding carboxylic acids is 16. The standard InChI is InChI=1S/C92H122N18O30/c1-50(2)79(109-74(116)48-97-81(126)60(34-37-75(117)118)99-72(114)21-15-41-140-59-32-26-56(27-33-59)92(138,55-24-30-58(139-6)31-25-55)54-22-28-57(29-23-54)110(4)5)90(135)107-67(45-71(95)113)87(132)106-68(46-78(123)124)88(133)105-66(44-70(94)112)86(131)102-62(36-39-77(121)122)83(128)101-61(35-38-76(119)120)82(127)96-47-73(115)100-64(42-52-16-9-7-10-17-52)84(129)104-65(43-53-18-11-8-12-19-53)85(130)108-69(49-111)89(134)98-51(3)80(125)103-63(91(136)137)20-13-14-40-93/h7-12,16-19,22-33,50-51,60-69,79,111,138H,13-15,20-21,34-49,93H2,1-6H3,(H2,94,112)(H2,95,113)(H,96,127)(H,97,126)(H,98,134)(H,99,114)(H,100,115)(H,101,128)(H,102,131)(H,103,125)(H,104,129)(H,105,133)(H,106,132)(H,107,135)(H,108,130)(H,109,116)(H,117,118)(H,119,120)(H,121,122)(H,123,124)(H,136,137)/t51-,60-,61-,62-,63-,64-,65-,66-,67-,68-,69-,79-,92?/m0/s1. The number of anilines is 1. The number of nitrogens with two attached hydrogens (primary N) is 3. The number of carboxylic acids is 5. The van der Waals surface area contributed by atoms with E-state index in [0.29, 0.717) is 52.2 Å². The lowest BCUT2D eigenvalue weighted by Crippen LogP contribution is -2.61. The molecule has 5 rings (SSSR count). The summed E-state index contributed by atoms with van der Waals surface area (Å²) in [6.45, 7) is 1.19. The van der Waals surface area contributed by atoms with Crippen molar-refractivity contribution in [3.8, 4) is 11.5 Å². The predicted molar refractivity (Wildman–Crippen MR) is 495 cm³/mol. The zero-order valence-corrected chi connectivity index (χ0v) is 77.8. The highest BCUT2D eigenvalue weighted by atomic mass is 16.5. The summed E-state index contributed by atoms with van der Waals surface area (Å²) in [4.78, 5) is 281. The van der Waals surface area contributed by atoms with Crippen LogP contribution in [-0.4, -0.2) is 287 Å². The van der Waals surface area contributed by atoms with Crippen LogP contribution in [0.3, 0.4) is 0 Å². The number of carboxylic acid groups (broad SMARTS) is 5. The van der Waals surface area contributed by atoms with Crippen LogP contribution in [0.5, 0.6) is 11.5 Å². The van der Waals surface area contributed by atoms with Crippen molar-refractivity contribution in [3.63, 3.8) is 0 Å². The molecule has 5 aromatic carbocycles. The SMILES string of the molecule is COc1ccc(C(O)(c2ccc(OCCCC(=O)N[C@@H](CCC(=O)O)C(=O)NCC(=O)N[C@H](C(=O)N[C@@H](CC(N)=O)C(=O)N[C@@H](CC(=O)O)C(=O)N[C@@H](CC(N)=O)C(=O)N[C@@H](CCC(=O)O)C(=O)N[C@@H](CCC(=O)O)C(=O)NCC(=O)N[C@@H](Cc3ccccc3)C(=O)N[C@@H](Cc3ccccc3)C(=O)N[C@@H](CO)C(=O)N[C@@H](C)C(=O)N[C@@H](CCCCN)C(=O)O)C(C)C)cc2)c2ccc(N(C)C)cc2)cc1. The molecule has 48 heteroatoms. The lowest BCUT2D eigenvalue weighted by Gasteiger charge is -2.31. The van der Waals surface area contributed by atoms with Crippen molar-refractivity contribution in [1.29, 1.82) is 0 Å². The first-order valence-corrected chi connectivity index (χ1v) is 44.4. The topological polar surface area (TPSA) is 768 Å². The molecule has 13 atom stereocenters. The Morgan fingerprint density at radius 2 is 0.743 bits per heavy atom. The molecule has 0 aromatic heterocycles. The van der Waals surface area contributed by atoms with Crippen LogP contribution in [-0.2, 0) is 119 Å². The highest BCUT2D eigenvalue weighted by Crippen LogP contribution is 2.39. The average molecular weight is 1960 g/mol. The van der Waals surface area contributed by atoms with Crippen LogP contribution < -0.4 is 106 Å². The van der Waals surface area contributed by atoms with Gasteiger partial charge in [0, 0.05) is 58.3 Å². The lowest BCUT2D eigenvalue weighted by molar-refractivity contribution is -0.142. The summed E-state index contributed by atoms with van der Waals surface area (Å²) < 4.78 is 11.2. The number of aliphatic carboxylic acids is 5. The summed E-state index contributed by atoms with van der Waals surface area (Å²) in [6.07, 6.45) is -8.30. The first kappa shape index (κ1) is 115. The number of primary amides is 2. The molecule has 16 amide bonds. The highest BCUT2D eigenvalue weighted by molar-refractivity contribution is 6.02. The van der Waals surface area contributed by atoms with Crippen molar-refractivity contribution in [3.05, 3.63) is 161 Å². The molecule has 0 saturated heterocycles. The number of hydrogen-bond donors (Lipinski definition) is 24. The molecule has 760 valence electrons. The number of unbranched alkanes of at least 4 members (excludes halogenated alkanes) is 1. The second-order valence-electron chi connectivity index (χ2n) is 33.0. The number of nitrogens with zero attached hydrogens (tertiary/aromatic N) is 1. The summed E-state index contributed by atoms with van der Waals surface area (Å²) in [6, 6.07) is 15.0. The Hall–Kier alpha value is -15.8. The van der Waals surface area contributed by atoms with Gasteiger partial charge in [-0.2, -0.15) is 0 Å². The zero-order valence-electron chi connectivity index (χ0n) is 77.8. The average Bonchev–Trinajstić information content (AvgIpc) is 0.759. The van der Waals surface area contributed by atoms with Crippen molar-refractivity contribution in [1.82, 2.24) is 74.4 Å². The molecule has 0 aliphatic heterocycles. The van der Waals surface area contributed by atoms with Gasteiger partial charge in [0.05, 0.1) is 52.7 Å². The van der Waals surface area contributed by atoms with Crippen molar-refractivity contribution >= 4 is 130 Å². The Kier molecular flexibility index (Phi) is 47.5. The van der Waals surface area contributed by atoms with Gasteiger partial charge in [-0.1, -0.05) is 111 Å². The molecule has 48 nitrogen and oxygen atoms in total. The minimum absolute atomic E-state index is 0.0103. The Morgan fingerprint density at radius 1 is 0.371 bits per heavy atom. The van der Waals surface area contributed by atoms with E-state index in [1.807, 2.05) is 53.9 Å². The number of methoxy groups -OCH3 is 1. The fourth-order valence-corrected chi connectivity index (χ4v) is 13.8. The Morgan fingerprint density at radius 3 is 1.16 bits per heavy atom. The molecule has 0 aliphatic carbocycles. The van der Waals surface area contributed by atoms with E-state index in [0.717, 1.165) is 5.69 Å². The van der Waals surface area contributed by atoms with Gasteiger partial charge >= 0.3 is 29.8 Å². The minimum atomic E-state index is -2.34. The first-order chi connectivity index (χ1) is 66.2. The maximum Gasteiger partial charge on any atom is 0.326 e. The second-order valence-corrected chi connectivity index (χ2v) is 33.0. The van der Waals surface area contributed by atoms with Gasteiger partial charge in [0.25, 0.3) is 0 Å². The van der Waals surface area contributed by atoms with Gasteiger partial charge in [-0.3, -0.25) is 95.9 Å². The van der Waals surface area contributed by atoms with E-state index in [4.69, 9.17) is 26.7 Å². The van der Waals surface area contributed by atoms with Crippen LogP contribution in [0.4, 0.5) is 5.69 Å². The molecule has 5 aromatic rings. The quantitative estimate of drug-likeness (QED) is 0.0129. The molecule has 0 spiro atoms. The van der Waals surface area contributed by atoms with Gasteiger partial charge in [0.15, 0.2) is 0 Å². The van der Waals surface area contributed by atoms with Crippen LogP contribution in [0.15, 0.2) is 133 Å². The third-order valence-electron chi connectivity index (χ3n) is 21.4. The lowest BCUT2D eigenvalue weighted by atomic mass is 9.80. The van der Waals surface area contributed by atoms with E-state index in [9.17, 15) is 136 Å². The summed E-state index contributed by atoms with van der Waals surface area (Å²) >= 11 is 0. The Balaban J connectivity index is 1.24. The third-order valence-corrected chi connectivity index (χ3v) is 21.4. The molecule has 0 fully saturated rings. The predicted octanol–water partition coefficient (Wildman–Crippen LogP) is -4.56. The molecular weight excluding hydrogens is 1840 g/mol. The van der Waals surface area contributed by atoms with Gasteiger partial charge < -0.3 is 142 Å². The Bertz CT molecular complexity index is 5130. The van der Waals surface area contributed by atoms with E-state index in [-0.39, 0.29) is 45.3 Å². The number of amides is 16. The largest absolute Gasteiger partial charge is 0.497 e. The first-order valence-electron chi connectivity index (χ1n) is 44.4. The maximum absolute atomic E-state index is 14.5. The van der Waals surface area contributed by atoms with Gasteiger partial charge in [-0.05, 0) is 129 Å². The molecule has 1 unspecified atom stereocenters. The van der Waals surface area contributed by atoms with Crippen molar-refractivity contribution in [2.24, 2.45) is 23.1 Å². The molecule has 0 heterocycles. The van der Waals surface area contributed by atoms with Crippen LogP contribution in [0.2, 0.25) is 0 Å². The number of benzene rings is 5. The summed E-state index contributed by atoms with van der Waals surface area (Å²) in [5.74, 6) is -27.2. The summed E-state index contributed by atoms with van der Waals surface area (Å²) in [7, 11) is 5.29. The van der Waals surface area contributed by atoms with Gasteiger partial charge in [-0.25, -0.2) is 4.79 Å². The van der Waals surface area contributed by atoms with Gasteiger partial charge in [0.1, 0.15) is 89.6 Å². The van der Waals surface area contributed by atoms with Crippen LogP contribution in [0, 0.1) is 5.92 Å². The van der Waals surface area contributed by atoms with Crippen LogP contribution in [0.25, 0.3) is 0 Å². The van der Waals surface area contributed by atoms with E-state index in [1.54, 1.807) is 109 Å². The molecule has 140 heavy (non-hydrogen) atoms. The smallest absolute Gasteiger partial charge is 0.326 e. The van der Waals surface area contributed by atoms with Crippen LogP contribution in [0.1, 0.15) is 138 Å². The number of carbonyl (C=O) groups is 21. The number of ether oxygens (including phenoxy) is 2. The number of aliphatic hydroxyl groups excluding tert-OH is 1. The third kappa shape index (κ3) is 39.5. The summed E-state index contributed by atoms with van der Waals surface area (Å²) in [5, 5.41) is 103. The van der Waals surface area contributed by atoms with E-state index in [1.165, 1.54) is 27.9 Å². The zero-order chi connectivity index (χ0) is 104. The molecule has 27 N–H and O–H groups in total. The number of hydrogen-bond acceptors (Lipinski definition) is 27. The fraction of sp³-hybridized carbons (Fsp3) is 0.446. The number of nitrogens with one attached hydrogen (secondary N) is 14. The van der Waals surface area contributed by atoms with E-state index in [2.05, 4.69) is 63.8 Å². The molecular formula is C92H122N18O30. The van der Waals surface area contributed by atoms with E-state index < -0.39 is 286 Å². The van der Waals surface area contributed by atoms with Gasteiger partial charge in [0.2, 0.25) is 94.5 Å². The number of aliphatic hydroxyl groups is 2. The van der Waals surface area contributed by atoms with E-state index >= 15 is 0 Å². The molecule has 0 saturated carbocycles. The monoisotopic (exact) mass is 1960 g/mol. The highest BCUT2D eigenvalue weighted by Gasteiger charge is 2.40. The van der Waals surface area contributed by atoms with Crippen molar-refractivity contribution in [2.45, 2.75) is 202 Å². The molecule has 0 aliphatic rings. The summed E-state index contributed by atoms with van der Waals surface area (Å²) in [5.41, 5.74) is 18.1. The normalized spacial score (nSPS) is 13.9. The molecule has 0 bridgehead atoms. The van der Waals surface area contributed by atoms with Gasteiger partial charge in [-0.15, -0.1) is 0 Å². The van der Waals surface area contributed by atoms with Crippen LogP contribution >= 0.6 is 0 Å².